The van der Waals surface area contributed by atoms with E-state index in [0.29, 0.717) is 0 Å². The van der Waals surface area contributed by atoms with Crippen LogP contribution in [0.3, 0.4) is 0 Å². The fraction of sp³-hybridized carbons (Fsp3) is 0.113. The Labute approximate surface area is 326 Å². The van der Waals surface area contributed by atoms with Crippen LogP contribution < -0.4 is 4.90 Å². The number of benzene rings is 8. The molecule has 0 N–H and O–H groups in total. The minimum absolute atomic E-state index is 0.116. The van der Waals surface area contributed by atoms with Gasteiger partial charge in [-0.05, 0) is 126 Å². The summed E-state index contributed by atoms with van der Waals surface area (Å²) in [5.74, 6) is 0. The first-order valence-electron chi connectivity index (χ1n) is 19.7. The molecule has 266 valence electrons. The maximum Gasteiger partial charge on any atom is 0.145 e. The van der Waals surface area contributed by atoms with E-state index in [1.807, 2.05) is 6.20 Å². The predicted octanol–water partition coefficient (Wildman–Crippen LogP) is 14.1. The number of anilines is 3. The lowest BCUT2D eigenvalue weighted by atomic mass is 9.73. The second-order valence-electron chi connectivity index (χ2n) is 16.8. The van der Waals surface area contributed by atoms with Crippen molar-refractivity contribution in [1.29, 1.82) is 0 Å². The Hall–Kier alpha value is -6.71. The zero-order chi connectivity index (χ0) is 37.5. The molecule has 2 aliphatic rings. The summed E-state index contributed by atoms with van der Waals surface area (Å²) in [4.78, 5) is 7.55. The molecule has 12 rings (SSSR count). The van der Waals surface area contributed by atoms with Crippen molar-refractivity contribution in [2.45, 2.75) is 38.5 Å². The third-order valence-corrected chi connectivity index (χ3v) is 13.1. The maximum absolute atomic E-state index is 5.11. The number of hydrogen-bond acceptors (Lipinski definition) is 2. The summed E-state index contributed by atoms with van der Waals surface area (Å²) in [7, 11) is 0. The lowest BCUT2D eigenvalue weighted by Gasteiger charge is -2.42. The smallest absolute Gasteiger partial charge is 0.145 e. The van der Waals surface area contributed by atoms with Crippen LogP contribution in [-0.4, -0.2) is 9.55 Å². The van der Waals surface area contributed by atoms with Gasteiger partial charge in [0.1, 0.15) is 5.65 Å². The van der Waals surface area contributed by atoms with Gasteiger partial charge in [0, 0.05) is 39.2 Å². The van der Waals surface area contributed by atoms with Gasteiger partial charge in [-0.15, -0.1) is 0 Å². The molecular formula is C53H39N3. The zero-order valence-electron chi connectivity index (χ0n) is 31.9. The molecule has 1 aliphatic heterocycles. The Morgan fingerprint density at radius 3 is 1.68 bits per heavy atom. The molecule has 0 spiro atoms. The summed E-state index contributed by atoms with van der Waals surface area (Å²) in [5.41, 5.74) is 14.5. The van der Waals surface area contributed by atoms with E-state index in [9.17, 15) is 0 Å². The average Bonchev–Trinajstić information content (AvgIpc) is 3.68. The van der Waals surface area contributed by atoms with Crippen LogP contribution in [0.15, 0.2) is 164 Å². The van der Waals surface area contributed by atoms with Gasteiger partial charge >= 0.3 is 0 Å². The van der Waals surface area contributed by atoms with Crippen LogP contribution in [0.5, 0.6) is 0 Å². The second kappa shape index (κ2) is 11.0. The summed E-state index contributed by atoms with van der Waals surface area (Å²) < 4.78 is 2.39. The fourth-order valence-electron chi connectivity index (χ4n) is 10.6. The van der Waals surface area contributed by atoms with Crippen molar-refractivity contribution in [1.82, 2.24) is 9.55 Å². The molecule has 0 unspecified atom stereocenters. The zero-order valence-corrected chi connectivity index (χ0v) is 31.9. The molecule has 0 bridgehead atoms. The van der Waals surface area contributed by atoms with Crippen LogP contribution in [0, 0.1) is 0 Å². The van der Waals surface area contributed by atoms with Gasteiger partial charge < -0.3 is 4.90 Å². The largest absolute Gasteiger partial charge is 0.310 e. The van der Waals surface area contributed by atoms with Crippen molar-refractivity contribution in [3.05, 3.63) is 186 Å². The Balaban J connectivity index is 1.10. The Bertz CT molecular complexity index is 3280. The van der Waals surface area contributed by atoms with E-state index in [1.165, 1.54) is 93.4 Å². The molecule has 0 radical (unpaired) electrons. The number of hydrogen-bond donors (Lipinski definition) is 0. The number of rotatable bonds is 2. The molecular weight excluding hydrogens is 679 g/mol. The quantitative estimate of drug-likeness (QED) is 0.166. The highest BCUT2D eigenvalue weighted by molar-refractivity contribution is 6.26. The normalized spacial score (nSPS) is 15.0. The third-order valence-electron chi connectivity index (χ3n) is 13.1. The lowest BCUT2D eigenvalue weighted by molar-refractivity contribution is 0.632. The summed E-state index contributed by atoms with van der Waals surface area (Å²) in [6.07, 6.45) is 1.93. The average molecular weight is 718 g/mol. The van der Waals surface area contributed by atoms with Crippen molar-refractivity contribution < 1.29 is 0 Å². The number of pyridine rings is 1. The van der Waals surface area contributed by atoms with E-state index in [0.717, 1.165) is 17.0 Å². The van der Waals surface area contributed by atoms with Gasteiger partial charge in [-0.2, -0.15) is 0 Å². The minimum Gasteiger partial charge on any atom is -0.310 e. The van der Waals surface area contributed by atoms with Crippen molar-refractivity contribution in [3.63, 3.8) is 0 Å². The van der Waals surface area contributed by atoms with Crippen LogP contribution in [0.2, 0.25) is 0 Å². The molecule has 0 fully saturated rings. The molecule has 0 atom stereocenters. The minimum atomic E-state index is -0.240. The SMILES string of the molecule is CC1(C)c2ccccc2N(c2cccc(-n3c4ccc5c(c4c4cccnc43)C(C)(C)c3cc4c6ccccc6c6ccccc6c4cc3-5)c2)c2ccccc21. The highest BCUT2D eigenvalue weighted by Gasteiger charge is 2.40. The van der Waals surface area contributed by atoms with Crippen LogP contribution in [0.4, 0.5) is 17.1 Å². The highest BCUT2D eigenvalue weighted by atomic mass is 15.2. The van der Waals surface area contributed by atoms with Gasteiger partial charge in [-0.25, -0.2) is 4.98 Å². The van der Waals surface area contributed by atoms with Crippen molar-refractivity contribution in [3.8, 4) is 16.8 Å². The molecule has 8 aromatic carbocycles. The highest BCUT2D eigenvalue weighted by Crippen LogP contribution is 2.56. The first kappa shape index (κ1) is 31.6. The molecule has 3 heteroatoms. The second-order valence-corrected chi connectivity index (χ2v) is 16.8. The van der Waals surface area contributed by atoms with E-state index >= 15 is 0 Å². The number of aromatic nitrogens is 2. The van der Waals surface area contributed by atoms with E-state index < -0.39 is 0 Å². The third kappa shape index (κ3) is 3.99. The molecule has 56 heavy (non-hydrogen) atoms. The predicted molar refractivity (Wildman–Crippen MR) is 235 cm³/mol. The Morgan fingerprint density at radius 1 is 0.429 bits per heavy atom. The summed E-state index contributed by atoms with van der Waals surface area (Å²) in [6.45, 7) is 9.51. The van der Waals surface area contributed by atoms with E-state index in [4.69, 9.17) is 4.98 Å². The van der Waals surface area contributed by atoms with Gasteiger partial charge in [0.25, 0.3) is 0 Å². The van der Waals surface area contributed by atoms with Crippen LogP contribution in [-0.2, 0) is 10.8 Å². The van der Waals surface area contributed by atoms with Crippen molar-refractivity contribution in [2.24, 2.45) is 0 Å². The molecule has 10 aromatic rings. The van der Waals surface area contributed by atoms with Crippen LogP contribution in [0.1, 0.15) is 49.9 Å². The molecule has 0 saturated heterocycles. The number of fused-ring (bicyclic) bond motifs is 15. The topological polar surface area (TPSA) is 21.1 Å². The van der Waals surface area contributed by atoms with E-state index in [2.05, 4.69) is 195 Å². The Morgan fingerprint density at radius 2 is 1.00 bits per heavy atom. The Kier molecular flexibility index (Phi) is 6.19. The molecule has 0 saturated carbocycles. The van der Waals surface area contributed by atoms with Crippen molar-refractivity contribution >= 4 is 71.3 Å². The standard InChI is InChI=1S/C53H39N3/c1-52(2)43-22-9-11-24-46(43)55(47-25-12-10-23-44(47)52)32-15-13-16-33(29-32)56-48-27-26-38-42-30-40-36-19-7-5-17-34(36)35-18-6-8-20-37(35)41(40)31-45(42)53(3,4)50(38)49(48)39-21-14-28-54-51(39)56/h5-31H,1-4H3. The van der Waals surface area contributed by atoms with Gasteiger partial charge in [-0.1, -0.05) is 125 Å². The van der Waals surface area contributed by atoms with E-state index in [-0.39, 0.29) is 10.8 Å². The number of para-hydroxylation sites is 2. The summed E-state index contributed by atoms with van der Waals surface area (Å²) >= 11 is 0. The lowest BCUT2D eigenvalue weighted by Crippen LogP contribution is -2.30. The summed E-state index contributed by atoms with van der Waals surface area (Å²) in [6, 6.07) is 58.6. The molecule has 2 aromatic heterocycles. The van der Waals surface area contributed by atoms with Gasteiger partial charge in [0.15, 0.2) is 0 Å². The maximum atomic E-state index is 5.11. The molecule has 3 nitrogen and oxygen atoms in total. The monoisotopic (exact) mass is 717 g/mol. The first-order chi connectivity index (χ1) is 27.3. The van der Waals surface area contributed by atoms with E-state index in [1.54, 1.807) is 0 Å². The van der Waals surface area contributed by atoms with Gasteiger partial charge in [0.05, 0.1) is 16.9 Å². The van der Waals surface area contributed by atoms with Crippen molar-refractivity contribution in [2.75, 3.05) is 4.90 Å². The fourth-order valence-corrected chi connectivity index (χ4v) is 10.6. The van der Waals surface area contributed by atoms with Crippen LogP contribution in [0.25, 0.3) is 71.1 Å². The molecule has 3 heterocycles. The molecule has 0 amide bonds. The first-order valence-corrected chi connectivity index (χ1v) is 19.7. The van der Waals surface area contributed by atoms with Crippen LogP contribution >= 0.6 is 0 Å². The molecule has 1 aliphatic carbocycles. The number of nitrogens with zero attached hydrogens (tertiary/aromatic N) is 3. The summed E-state index contributed by atoms with van der Waals surface area (Å²) in [5, 5.41) is 10.3. The van der Waals surface area contributed by atoms with Gasteiger partial charge in [0.2, 0.25) is 0 Å². The van der Waals surface area contributed by atoms with Gasteiger partial charge in [-0.3, -0.25) is 4.57 Å².